The normalized spacial score (nSPS) is 27.6. The summed E-state index contributed by atoms with van der Waals surface area (Å²) in [4.78, 5) is 0.647. The lowest BCUT2D eigenvalue weighted by Gasteiger charge is -2.15. The first-order valence-electron chi connectivity index (χ1n) is 2.87. The molecule has 0 aromatic carbocycles. The Morgan fingerprint density at radius 1 is 1.89 bits per heavy atom. The van der Waals surface area contributed by atoms with Crippen LogP contribution in [0, 0.1) is 0 Å². The fourth-order valence-electron chi connectivity index (χ4n) is 0.899. The maximum absolute atomic E-state index is 9.10. The molecule has 4 heteroatoms. The highest BCUT2D eigenvalue weighted by atomic mass is 32.1. The van der Waals surface area contributed by atoms with Gasteiger partial charge in [0.1, 0.15) is 4.99 Å². The summed E-state index contributed by atoms with van der Waals surface area (Å²) in [5.74, 6) is 0.677. The van der Waals surface area contributed by atoms with Crippen LogP contribution in [-0.4, -0.2) is 27.1 Å². The minimum absolute atomic E-state index is 0.154. The standard InChI is InChI=1S/C5H9NOS2/c7-6-4(3-8)1-2-5(6)9/h4,7-8H,1-3H2/t4-/m0/s1. The summed E-state index contributed by atoms with van der Waals surface area (Å²) < 4.78 is 0. The van der Waals surface area contributed by atoms with Crippen LogP contribution in [0.5, 0.6) is 0 Å². The number of thiocarbonyl (C=S) groups is 1. The number of nitrogens with zero attached hydrogens (tertiary/aromatic N) is 1. The third-order valence-electron chi connectivity index (χ3n) is 1.50. The highest BCUT2D eigenvalue weighted by Gasteiger charge is 2.24. The smallest absolute Gasteiger partial charge is 0.104 e. The molecule has 0 unspecified atom stereocenters. The van der Waals surface area contributed by atoms with Crippen molar-refractivity contribution in [2.45, 2.75) is 18.9 Å². The quantitative estimate of drug-likeness (QED) is 0.447. The number of thiol groups is 1. The Balaban J connectivity index is 2.51. The molecule has 0 aromatic rings. The van der Waals surface area contributed by atoms with Gasteiger partial charge in [0, 0.05) is 12.2 Å². The minimum Gasteiger partial charge on any atom is -0.288 e. The first kappa shape index (κ1) is 7.31. The maximum atomic E-state index is 9.10. The fraction of sp³-hybridized carbons (Fsp3) is 0.800. The Morgan fingerprint density at radius 2 is 2.56 bits per heavy atom. The van der Waals surface area contributed by atoms with Crippen molar-refractivity contribution in [3.8, 4) is 0 Å². The number of hydroxylamine groups is 2. The van der Waals surface area contributed by atoms with Crippen molar-refractivity contribution >= 4 is 29.8 Å². The fourth-order valence-corrected chi connectivity index (χ4v) is 1.50. The molecule has 1 fully saturated rings. The van der Waals surface area contributed by atoms with Crippen molar-refractivity contribution in [1.82, 2.24) is 5.06 Å². The van der Waals surface area contributed by atoms with Gasteiger partial charge in [0.15, 0.2) is 0 Å². The van der Waals surface area contributed by atoms with Crippen molar-refractivity contribution in [2.24, 2.45) is 0 Å². The predicted octanol–water partition coefficient (Wildman–Crippen LogP) is 1.10. The van der Waals surface area contributed by atoms with Crippen LogP contribution in [-0.2, 0) is 0 Å². The van der Waals surface area contributed by atoms with Gasteiger partial charge in [-0.05, 0) is 6.42 Å². The summed E-state index contributed by atoms with van der Waals surface area (Å²) in [5, 5.41) is 10.3. The van der Waals surface area contributed by atoms with Crippen LogP contribution in [0.4, 0.5) is 0 Å². The van der Waals surface area contributed by atoms with E-state index < -0.39 is 0 Å². The Bertz CT molecular complexity index is 128. The van der Waals surface area contributed by atoms with Crippen molar-refractivity contribution in [1.29, 1.82) is 0 Å². The number of rotatable bonds is 1. The van der Waals surface area contributed by atoms with E-state index in [0.717, 1.165) is 17.9 Å². The SMILES string of the molecule is ON1C(=S)CC[C@H]1CS. The van der Waals surface area contributed by atoms with Crippen LogP contribution in [0.1, 0.15) is 12.8 Å². The van der Waals surface area contributed by atoms with E-state index in [1.54, 1.807) is 0 Å². The van der Waals surface area contributed by atoms with Crippen LogP contribution in [0.15, 0.2) is 0 Å². The van der Waals surface area contributed by atoms with Gasteiger partial charge >= 0.3 is 0 Å². The molecule has 1 aliphatic heterocycles. The summed E-state index contributed by atoms with van der Waals surface area (Å²) in [6.07, 6.45) is 1.77. The topological polar surface area (TPSA) is 23.5 Å². The van der Waals surface area contributed by atoms with Gasteiger partial charge in [-0.15, -0.1) is 0 Å². The first-order chi connectivity index (χ1) is 4.25. The monoisotopic (exact) mass is 163 g/mol. The molecule has 52 valence electrons. The predicted molar refractivity (Wildman–Crippen MR) is 43.1 cm³/mol. The zero-order valence-corrected chi connectivity index (χ0v) is 6.66. The molecule has 0 bridgehead atoms. The van der Waals surface area contributed by atoms with Crippen molar-refractivity contribution in [2.75, 3.05) is 5.75 Å². The maximum Gasteiger partial charge on any atom is 0.104 e. The molecule has 0 amide bonds. The molecule has 0 aromatic heterocycles. The molecule has 0 spiro atoms. The number of hydrogen-bond donors (Lipinski definition) is 2. The molecule has 0 radical (unpaired) electrons. The molecule has 1 atom stereocenters. The molecular formula is C5H9NOS2. The summed E-state index contributed by atoms with van der Waals surface area (Å²) in [6.45, 7) is 0. The molecule has 0 aliphatic carbocycles. The molecule has 1 aliphatic rings. The van der Waals surface area contributed by atoms with Crippen LogP contribution in [0.3, 0.4) is 0 Å². The third-order valence-corrected chi connectivity index (χ3v) is 2.32. The van der Waals surface area contributed by atoms with Crippen LogP contribution < -0.4 is 0 Å². The lowest BCUT2D eigenvalue weighted by atomic mass is 10.3. The second-order valence-corrected chi connectivity index (χ2v) is 2.95. The van der Waals surface area contributed by atoms with Gasteiger partial charge in [-0.2, -0.15) is 12.6 Å². The van der Waals surface area contributed by atoms with Crippen LogP contribution in [0.25, 0.3) is 0 Å². The average Bonchev–Trinajstić information content (AvgIpc) is 2.15. The third kappa shape index (κ3) is 1.36. The van der Waals surface area contributed by atoms with Crippen molar-refractivity contribution < 1.29 is 5.21 Å². The summed E-state index contributed by atoms with van der Waals surface area (Å²) in [6, 6.07) is 0.154. The van der Waals surface area contributed by atoms with Gasteiger partial charge in [-0.25, -0.2) is 5.06 Å². The highest BCUT2D eigenvalue weighted by molar-refractivity contribution is 7.80. The molecule has 1 heterocycles. The van der Waals surface area contributed by atoms with E-state index in [2.05, 4.69) is 12.6 Å². The molecule has 9 heavy (non-hydrogen) atoms. The average molecular weight is 163 g/mol. The van der Waals surface area contributed by atoms with Gasteiger partial charge in [0.25, 0.3) is 0 Å². The summed E-state index contributed by atoms with van der Waals surface area (Å²) in [5.41, 5.74) is 0. The Kier molecular flexibility index (Phi) is 2.32. The number of hydrogen-bond acceptors (Lipinski definition) is 3. The van der Waals surface area contributed by atoms with E-state index in [1.807, 2.05) is 0 Å². The molecule has 1 saturated heterocycles. The Labute approximate surface area is 65.2 Å². The highest BCUT2D eigenvalue weighted by Crippen LogP contribution is 2.17. The van der Waals surface area contributed by atoms with Crippen LogP contribution >= 0.6 is 24.8 Å². The Hall–Kier alpha value is 0.200. The summed E-state index contributed by atoms with van der Waals surface area (Å²) in [7, 11) is 0. The van der Waals surface area contributed by atoms with Crippen molar-refractivity contribution in [3.63, 3.8) is 0 Å². The largest absolute Gasteiger partial charge is 0.288 e. The van der Waals surface area contributed by atoms with Gasteiger partial charge < -0.3 is 0 Å². The molecule has 1 N–H and O–H groups in total. The lowest BCUT2D eigenvalue weighted by molar-refractivity contribution is -0.0316. The summed E-state index contributed by atoms with van der Waals surface area (Å²) >= 11 is 8.88. The molecule has 0 saturated carbocycles. The first-order valence-corrected chi connectivity index (χ1v) is 3.91. The molecule has 1 rings (SSSR count). The van der Waals surface area contributed by atoms with Crippen molar-refractivity contribution in [3.05, 3.63) is 0 Å². The van der Waals surface area contributed by atoms with E-state index >= 15 is 0 Å². The lowest BCUT2D eigenvalue weighted by Crippen LogP contribution is -2.29. The van der Waals surface area contributed by atoms with E-state index in [9.17, 15) is 0 Å². The van der Waals surface area contributed by atoms with Gasteiger partial charge in [-0.1, -0.05) is 12.2 Å². The van der Waals surface area contributed by atoms with E-state index in [4.69, 9.17) is 17.4 Å². The van der Waals surface area contributed by atoms with E-state index in [-0.39, 0.29) is 6.04 Å². The minimum atomic E-state index is 0.154. The van der Waals surface area contributed by atoms with E-state index in [1.165, 1.54) is 0 Å². The second kappa shape index (κ2) is 2.86. The van der Waals surface area contributed by atoms with Gasteiger partial charge in [0.2, 0.25) is 0 Å². The zero-order chi connectivity index (χ0) is 6.85. The van der Waals surface area contributed by atoms with E-state index in [0.29, 0.717) is 10.7 Å². The van der Waals surface area contributed by atoms with Gasteiger partial charge in [0.05, 0.1) is 6.04 Å². The second-order valence-electron chi connectivity index (χ2n) is 2.11. The molecular weight excluding hydrogens is 154 g/mol. The van der Waals surface area contributed by atoms with Crippen LogP contribution in [0.2, 0.25) is 0 Å². The zero-order valence-electron chi connectivity index (χ0n) is 4.95. The molecule has 2 nitrogen and oxygen atoms in total. The Morgan fingerprint density at radius 3 is 2.78 bits per heavy atom. The van der Waals surface area contributed by atoms with Gasteiger partial charge in [-0.3, -0.25) is 5.21 Å².